The molecule has 0 aliphatic carbocycles. The molecule has 0 bridgehead atoms. The van der Waals surface area contributed by atoms with Crippen molar-refractivity contribution in [2.75, 3.05) is 0 Å². The normalized spacial score (nSPS) is 15.4. The van der Waals surface area contributed by atoms with Crippen LogP contribution in [0.15, 0.2) is 24.3 Å². The molecule has 19 heavy (non-hydrogen) atoms. The molecule has 0 spiro atoms. The van der Waals surface area contributed by atoms with Gasteiger partial charge in [-0.2, -0.15) is 0 Å². The van der Waals surface area contributed by atoms with Crippen molar-refractivity contribution in [1.82, 2.24) is 5.32 Å². The molecule has 1 aromatic rings. The third kappa shape index (κ3) is 3.45. The lowest BCUT2D eigenvalue weighted by Gasteiger charge is -2.28. The number of carbonyl (C=O) groups is 1. The number of thiocarbonyl (C=S) groups is 1. The van der Waals surface area contributed by atoms with Crippen LogP contribution in [0.25, 0.3) is 0 Å². The van der Waals surface area contributed by atoms with Crippen LogP contribution in [0.3, 0.4) is 0 Å². The topological polar surface area (TPSA) is 55.1 Å². The highest BCUT2D eigenvalue weighted by atomic mass is 35.5. The van der Waals surface area contributed by atoms with Crippen molar-refractivity contribution in [1.29, 1.82) is 0 Å². The molecule has 1 rings (SSSR count). The predicted molar refractivity (Wildman–Crippen MR) is 83.2 cm³/mol. The maximum Gasteiger partial charge on any atom is 0.233 e. The zero-order valence-corrected chi connectivity index (χ0v) is 12.9. The van der Waals surface area contributed by atoms with E-state index in [1.54, 1.807) is 13.0 Å². The number of halogens is 1. The molecule has 2 unspecified atom stereocenters. The molecule has 5 heteroatoms. The molecule has 0 aliphatic rings. The molecule has 2 atom stereocenters. The van der Waals surface area contributed by atoms with Crippen LogP contribution in [-0.2, 0) is 4.79 Å². The van der Waals surface area contributed by atoms with Gasteiger partial charge in [0.2, 0.25) is 5.91 Å². The maximum absolute atomic E-state index is 12.3. The van der Waals surface area contributed by atoms with Gasteiger partial charge >= 0.3 is 0 Å². The number of carbonyl (C=O) groups excluding carboxylic acids is 1. The molecule has 0 radical (unpaired) electrons. The summed E-state index contributed by atoms with van der Waals surface area (Å²) < 4.78 is 0. The number of benzene rings is 1. The molecule has 1 amide bonds. The molecule has 0 aliphatic heterocycles. The summed E-state index contributed by atoms with van der Waals surface area (Å²) in [5.74, 6) is -0.171. The van der Waals surface area contributed by atoms with Gasteiger partial charge in [-0.15, -0.1) is 0 Å². The Kier molecular flexibility index (Phi) is 5.32. The van der Waals surface area contributed by atoms with Gasteiger partial charge in [-0.3, -0.25) is 4.79 Å². The van der Waals surface area contributed by atoms with E-state index in [0.717, 1.165) is 5.56 Å². The Morgan fingerprint density at radius 1 is 1.53 bits per heavy atom. The van der Waals surface area contributed by atoms with Crippen LogP contribution in [0.2, 0.25) is 5.02 Å². The van der Waals surface area contributed by atoms with E-state index < -0.39 is 5.41 Å². The van der Waals surface area contributed by atoms with E-state index in [0.29, 0.717) is 11.4 Å². The number of nitrogens with two attached hydrogens (primary N) is 1. The average Bonchev–Trinajstić information content (AvgIpc) is 2.37. The van der Waals surface area contributed by atoms with Gasteiger partial charge in [0.1, 0.15) is 0 Å². The standard InChI is InChI=1S/C14H19ClN2OS/c1-4-14(3,12(16)19)13(18)17-9(2)10-7-5-6-8-11(10)15/h5-9H,4H2,1-3H3,(H2,16,19)(H,17,18). The van der Waals surface area contributed by atoms with E-state index in [1.165, 1.54) is 0 Å². The highest BCUT2D eigenvalue weighted by Gasteiger charge is 2.35. The van der Waals surface area contributed by atoms with Crippen molar-refractivity contribution in [3.63, 3.8) is 0 Å². The third-order valence-electron chi connectivity index (χ3n) is 3.47. The van der Waals surface area contributed by atoms with Crippen LogP contribution in [0, 0.1) is 5.41 Å². The first kappa shape index (κ1) is 15.9. The van der Waals surface area contributed by atoms with Crippen LogP contribution < -0.4 is 11.1 Å². The van der Waals surface area contributed by atoms with Crippen LogP contribution in [0.5, 0.6) is 0 Å². The van der Waals surface area contributed by atoms with Crippen molar-refractivity contribution < 1.29 is 4.79 Å². The summed E-state index contributed by atoms with van der Waals surface area (Å²) in [6.07, 6.45) is 0.559. The Morgan fingerprint density at radius 3 is 2.58 bits per heavy atom. The number of nitrogens with one attached hydrogen (secondary N) is 1. The number of rotatable bonds is 5. The fraction of sp³-hybridized carbons (Fsp3) is 0.429. The molecule has 1 aromatic carbocycles. The van der Waals surface area contributed by atoms with Gasteiger partial charge in [-0.25, -0.2) is 0 Å². The summed E-state index contributed by atoms with van der Waals surface area (Å²) in [6, 6.07) is 7.23. The predicted octanol–water partition coefficient (Wildman–Crippen LogP) is 3.22. The minimum Gasteiger partial charge on any atom is -0.392 e. The first-order valence-corrected chi connectivity index (χ1v) is 6.96. The largest absolute Gasteiger partial charge is 0.392 e. The monoisotopic (exact) mass is 298 g/mol. The lowest BCUT2D eigenvalue weighted by molar-refractivity contribution is -0.127. The van der Waals surface area contributed by atoms with E-state index in [9.17, 15) is 4.79 Å². The Morgan fingerprint density at radius 2 is 2.11 bits per heavy atom. The lowest BCUT2D eigenvalue weighted by Crippen LogP contribution is -2.47. The van der Waals surface area contributed by atoms with Crippen LogP contribution >= 0.6 is 23.8 Å². The Balaban J connectivity index is 2.88. The molecule has 0 fully saturated rings. The molecular weight excluding hydrogens is 280 g/mol. The van der Waals surface area contributed by atoms with Crippen molar-refractivity contribution in [2.24, 2.45) is 11.1 Å². The van der Waals surface area contributed by atoms with Crippen molar-refractivity contribution >= 4 is 34.7 Å². The average molecular weight is 299 g/mol. The van der Waals surface area contributed by atoms with Gasteiger partial charge < -0.3 is 11.1 Å². The second-order valence-corrected chi connectivity index (χ2v) is 5.61. The SMILES string of the molecule is CCC(C)(C(=O)NC(C)c1ccccc1Cl)C(N)=S. The maximum atomic E-state index is 12.3. The Hall–Kier alpha value is -1.13. The van der Waals surface area contributed by atoms with Crippen LogP contribution in [0.1, 0.15) is 38.8 Å². The summed E-state index contributed by atoms with van der Waals surface area (Å²) in [5.41, 5.74) is 5.72. The minimum absolute atomic E-state index is 0.171. The van der Waals surface area contributed by atoms with Gasteiger partial charge in [0.15, 0.2) is 0 Å². The second kappa shape index (κ2) is 6.35. The Labute approximate surface area is 124 Å². The highest BCUT2D eigenvalue weighted by Crippen LogP contribution is 2.26. The highest BCUT2D eigenvalue weighted by molar-refractivity contribution is 7.80. The molecule has 0 heterocycles. The van der Waals surface area contributed by atoms with Crippen LogP contribution in [0.4, 0.5) is 0 Å². The lowest BCUT2D eigenvalue weighted by atomic mass is 9.86. The van der Waals surface area contributed by atoms with E-state index in [1.807, 2.05) is 32.0 Å². The molecule has 0 saturated carbocycles. The summed E-state index contributed by atoms with van der Waals surface area (Å²) in [4.78, 5) is 12.5. The van der Waals surface area contributed by atoms with Gasteiger partial charge in [0.25, 0.3) is 0 Å². The second-order valence-electron chi connectivity index (χ2n) is 4.77. The molecule has 3 nitrogen and oxygen atoms in total. The number of hydrogen-bond donors (Lipinski definition) is 2. The molecular formula is C14H19ClN2OS. The third-order valence-corrected chi connectivity index (χ3v) is 4.27. The fourth-order valence-corrected chi connectivity index (χ4v) is 2.24. The Bertz CT molecular complexity index is 492. The zero-order valence-electron chi connectivity index (χ0n) is 11.4. The number of hydrogen-bond acceptors (Lipinski definition) is 2. The first-order valence-electron chi connectivity index (χ1n) is 6.18. The zero-order chi connectivity index (χ0) is 14.6. The summed E-state index contributed by atoms with van der Waals surface area (Å²) >= 11 is 11.1. The summed E-state index contributed by atoms with van der Waals surface area (Å²) in [7, 11) is 0. The number of amides is 1. The molecule has 0 aromatic heterocycles. The van der Waals surface area contributed by atoms with Crippen molar-refractivity contribution in [2.45, 2.75) is 33.2 Å². The van der Waals surface area contributed by atoms with Crippen molar-refractivity contribution in [3.8, 4) is 0 Å². The molecule has 104 valence electrons. The van der Waals surface area contributed by atoms with Gasteiger partial charge in [-0.1, -0.05) is 48.9 Å². The quantitative estimate of drug-likeness (QED) is 0.821. The van der Waals surface area contributed by atoms with Gasteiger partial charge in [0.05, 0.1) is 16.4 Å². The van der Waals surface area contributed by atoms with Crippen LogP contribution in [-0.4, -0.2) is 10.9 Å². The van der Waals surface area contributed by atoms with Crippen molar-refractivity contribution in [3.05, 3.63) is 34.9 Å². The van der Waals surface area contributed by atoms with Gasteiger partial charge in [0, 0.05) is 5.02 Å². The fourth-order valence-electron chi connectivity index (χ4n) is 1.71. The van der Waals surface area contributed by atoms with E-state index in [-0.39, 0.29) is 16.9 Å². The molecule has 3 N–H and O–H groups in total. The smallest absolute Gasteiger partial charge is 0.233 e. The summed E-state index contributed by atoms with van der Waals surface area (Å²) in [6.45, 7) is 5.53. The minimum atomic E-state index is -0.829. The summed E-state index contributed by atoms with van der Waals surface area (Å²) in [5, 5.41) is 3.55. The first-order chi connectivity index (χ1) is 8.82. The molecule has 0 saturated heterocycles. The van der Waals surface area contributed by atoms with Gasteiger partial charge in [-0.05, 0) is 31.9 Å². The van der Waals surface area contributed by atoms with E-state index >= 15 is 0 Å². The van der Waals surface area contributed by atoms with E-state index in [2.05, 4.69) is 5.32 Å². The van der Waals surface area contributed by atoms with E-state index in [4.69, 9.17) is 29.6 Å².